The molecule has 0 aliphatic heterocycles. The van der Waals surface area contributed by atoms with E-state index in [0.717, 1.165) is 0 Å². The van der Waals surface area contributed by atoms with E-state index in [0.29, 0.717) is 11.4 Å². The van der Waals surface area contributed by atoms with Crippen molar-refractivity contribution >= 4 is 11.6 Å². The summed E-state index contributed by atoms with van der Waals surface area (Å²) in [5.41, 5.74) is 0.715. The van der Waals surface area contributed by atoms with Crippen LogP contribution in [0.1, 0.15) is 11.4 Å². The molecule has 0 N–H and O–H groups in total. The Bertz CT molecular complexity index is 493. The summed E-state index contributed by atoms with van der Waals surface area (Å²) in [6.45, 7) is 0.137. The predicted octanol–water partition coefficient (Wildman–Crippen LogP) is 2.93. The van der Waals surface area contributed by atoms with Crippen LogP contribution in [-0.2, 0) is 12.5 Å². The number of benzene rings is 1. The molecule has 1 heterocycles. The molecule has 3 nitrogen and oxygen atoms in total. The Hall–Kier alpha value is -1.68. The Morgan fingerprint density at radius 1 is 1.24 bits per heavy atom. The zero-order valence-corrected chi connectivity index (χ0v) is 9.69. The van der Waals surface area contributed by atoms with E-state index in [4.69, 9.17) is 16.3 Å². The van der Waals surface area contributed by atoms with Gasteiger partial charge in [0.2, 0.25) is 0 Å². The second-order valence-corrected chi connectivity index (χ2v) is 3.62. The molecule has 0 aliphatic carbocycles. The van der Waals surface area contributed by atoms with Gasteiger partial charge < -0.3 is 4.74 Å². The molecule has 0 amide bonds. The summed E-state index contributed by atoms with van der Waals surface area (Å²) in [5, 5.41) is 0. The first-order valence-corrected chi connectivity index (χ1v) is 5.56. The lowest BCUT2D eigenvalue weighted by Crippen LogP contribution is -2.01. The molecule has 0 atom stereocenters. The van der Waals surface area contributed by atoms with Crippen LogP contribution >= 0.6 is 11.6 Å². The van der Waals surface area contributed by atoms with Gasteiger partial charge >= 0.3 is 0 Å². The molecular weight excluding hydrogens is 243 g/mol. The minimum absolute atomic E-state index is 0.137. The molecule has 0 unspecified atom stereocenters. The third-order valence-corrected chi connectivity index (χ3v) is 2.44. The first-order valence-electron chi connectivity index (χ1n) is 5.02. The van der Waals surface area contributed by atoms with Crippen molar-refractivity contribution < 1.29 is 9.13 Å². The molecule has 0 saturated heterocycles. The fourth-order valence-electron chi connectivity index (χ4n) is 1.29. The smallest absolute Gasteiger partial charge is 0.166 e. The average molecular weight is 253 g/mol. The third kappa shape index (κ3) is 3.14. The summed E-state index contributed by atoms with van der Waals surface area (Å²) >= 11 is 5.60. The van der Waals surface area contributed by atoms with Crippen LogP contribution in [0.15, 0.2) is 36.7 Å². The quantitative estimate of drug-likeness (QED) is 0.785. The predicted molar refractivity (Wildman–Crippen MR) is 62.3 cm³/mol. The summed E-state index contributed by atoms with van der Waals surface area (Å²) in [5.74, 6) is 0.526. The van der Waals surface area contributed by atoms with Crippen LogP contribution in [0.4, 0.5) is 4.39 Å². The maximum atomic E-state index is 13.5. The number of alkyl halides is 1. The lowest BCUT2D eigenvalue weighted by molar-refractivity contribution is 0.281. The molecule has 0 radical (unpaired) electrons. The van der Waals surface area contributed by atoms with Gasteiger partial charge in [-0.15, -0.1) is 11.6 Å². The lowest BCUT2D eigenvalue weighted by Gasteiger charge is -2.06. The molecule has 0 bridgehead atoms. The maximum absolute atomic E-state index is 13.5. The van der Waals surface area contributed by atoms with Gasteiger partial charge in [-0.1, -0.05) is 6.07 Å². The fraction of sp³-hybridized carbons (Fsp3) is 0.167. The molecule has 2 aromatic rings. The topological polar surface area (TPSA) is 35.0 Å². The number of hydrogen-bond donors (Lipinski definition) is 0. The van der Waals surface area contributed by atoms with Crippen molar-refractivity contribution in [3.8, 4) is 5.75 Å². The van der Waals surface area contributed by atoms with E-state index in [9.17, 15) is 4.39 Å². The van der Waals surface area contributed by atoms with Gasteiger partial charge in [-0.2, -0.15) is 0 Å². The van der Waals surface area contributed by atoms with E-state index < -0.39 is 5.82 Å². The van der Waals surface area contributed by atoms with E-state index in [1.807, 2.05) is 0 Å². The summed E-state index contributed by atoms with van der Waals surface area (Å²) in [6, 6.07) is 6.33. The largest absolute Gasteiger partial charge is 0.483 e. The summed E-state index contributed by atoms with van der Waals surface area (Å²) in [4.78, 5) is 7.96. The van der Waals surface area contributed by atoms with Crippen molar-refractivity contribution in [1.29, 1.82) is 0 Å². The number of nitrogens with zero attached hydrogens (tertiary/aromatic N) is 2. The summed E-state index contributed by atoms with van der Waals surface area (Å²) in [7, 11) is 0. The molecule has 0 fully saturated rings. The molecule has 0 saturated carbocycles. The van der Waals surface area contributed by atoms with Gasteiger partial charge in [-0.05, 0) is 23.8 Å². The number of halogens is 2. The first kappa shape index (κ1) is 11.8. The molecule has 17 heavy (non-hydrogen) atoms. The minimum Gasteiger partial charge on any atom is -0.483 e. The third-order valence-electron chi connectivity index (χ3n) is 2.13. The van der Waals surface area contributed by atoms with E-state index in [1.165, 1.54) is 6.07 Å². The molecule has 5 heteroatoms. The number of aromatic nitrogens is 2. The molecule has 1 aromatic heterocycles. The van der Waals surface area contributed by atoms with Crippen LogP contribution in [-0.4, -0.2) is 9.97 Å². The van der Waals surface area contributed by atoms with Crippen LogP contribution < -0.4 is 4.74 Å². The highest BCUT2D eigenvalue weighted by molar-refractivity contribution is 6.17. The lowest BCUT2D eigenvalue weighted by atomic mass is 10.2. The maximum Gasteiger partial charge on any atom is 0.166 e. The molecule has 1 aromatic carbocycles. The summed E-state index contributed by atoms with van der Waals surface area (Å²) in [6.07, 6.45) is 3.22. The van der Waals surface area contributed by atoms with Gasteiger partial charge in [0.25, 0.3) is 0 Å². The minimum atomic E-state index is -0.431. The van der Waals surface area contributed by atoms with Crippen LogP contribution in [0.3, 0.4) is 0 Å². The second kappa shape index (κ2) is 5.59. The van der Waals surface area contributed by atoms with E-state index in [2.05, 4.69) is 9.97 Å². The Morgan fingerprint density at radius 3 is 2.65 bits per heavy atom. The van der Waals surface area contributed by atoms with Crippen molar-refractivity contribution in [3.05, 3.63) is 53.9 Å². The van der Waals surface area contributed by atoms with Crippen molar-refractivity contribution in [2.45, 2.75) is 12.5 Å². The van der Waals surface area contributed by atoms with Gasteiger partial charge in [0, 0.05) is 18.3 Å². The zero-order valence-electron chi connectivity index (χ0n) is 8.94. The van der Waals surface area contributed by atoms with Crippen molar-refractivity contribution in [3.63, 3.8) is 0 Å². The standard InChI is InChI=1S/C12H10ClFN2O/c13-7-9-2-3-11(10(14)6-9)17-8-12-15-4-1-5-16-12/h1-6H,7-8H2. The Morgan fingerprint density at radius 2 is 2.00 bits per heavy atom. The fourth-order valence-corrected chi connectivity index (χ4v) is 1.46. The van der Waals surface area contributed by atoms with Gasteiger partial charge in [-0.25, -0.2) is 14.4 Å². The van der Waals surface area contributed by atoms with Gasteiger partial charge in [0.15, 0.2) is 17.4 Å². The van der Waals surface area contributed by atoms with Crippen LogP contribution in [0.5, 0.6) is 5.75 Å². The van der Waals surface area contributed by atoms with Crippen molar-refractivity contribution in [2.75, 3.05) is 0 Å². The van der Waals surface area contributed by atoms with E-state index in [1.54, 1.807) is 30.6 Å². The Kier molecular flexibility index (Phi) is 3.88. The zero-order chi connectivity index (χ0) is 12.1. The van der Waals surface area contributed by atoms with Crippen LogP contribution in [0.25, 0.3) is 0 Å². The van der Waals surface area contributed by atoms with Crippen molar-refractivity contribution in [2.24, 2.45) is 0 Å². The number of rotatable bonds is 4. The first-order chi connectivity index (χ1) is 8.29. The van der Waals surface area contributed by atoms with Gasteiger partial charge in [0.1, 0.15) is 6.61 Å². The molecule has 0 spiro atoms. The normalized spacial score (nSPS) is 10.2. The monoisotopic (exact) mass is 252 g/mol. The highest BCUT2D eigenvalue weighted by atomic mass is 35.5. The van der Waals surface area contributed by atoms with Gasteiger partial charge in [-0.3, -0.25) is 0 Å². The highest BCUT2D eigenvalue weighted by Crippen LogP contribution is 2.19. The number of hydrogen-bond acceptors (Lipinski definition) is 3. The highest BCUT2D eigenvalue weighted by Gasteiger charge is 2.05. The molecular formula is C12H10ClFN2O. The van der Waals surface area contributed by atoms with Crippen LogP contribution in [0.2, 0.25) is 0 Å². The molecule has 88 valence electrons. The second-order valence-electron chi connectivity index (χ2n) is 3.35. The molecule has 2 rings (SSSR count). The summed E-state index contributed by atoms with van der Waals surface area (Å²) < 4.78 is 18.8. The SMILES string of the molecule is Fc1cc(CCl)ccc1OCc1ncccn1. The van der Waals surface area contributed by atoms with E-state index in [-0.39, 0.29) is 18.2 Å². The van der Waals surface area contributed by atoms with Crippen molar-refractivity contribution in [1.82, 2.24) is 9.97 Å². The average Bonchev–Trinajstić information content (AvgIpc) is 2.38. The van der Waals surface area contributed by atoms with Crippen LogP contribution in [0, 0.1) is 5.82 Å². The molecule has 0 aliphatic rings. The Labute approximate surface area is 103 Å². The Balaban J connectivity index is 2.04. The van der Waals surface area contributed by atoms with E-state index >= 15 is 0 Å². The number of ether oxygens (including phenoxy) is 1. The van der Waals surface area contributed by atoms with Gasteiger partial charge in [0.05, 0.1) is 0 Å².